The topological polar surface area (TPSA) is 66.4 Å². The van der Waals surface area contributed by atoms with Crippen molar-refractivity contribution in [2.24, 2.45) is 11.3 Å². The number of amides is 1. The molecule has 0 saturated heterocycles. The second-order valence-electron chi connectivity index (χ2n) is 9.97. The second kappa shape index (κ2) is 8.66. The van der Waals surface area contributed by atoms with Crippen LogP contribution in [-0.4, -0.2) is 23.0 Å². The summed E-state index contributed by atoms with van der Waals surface area (Å²) in [6.07, 6.45) is 3.92. The Balaban J connectivity index is 1.26. The van der Waals surface area contributed by atoms with Crippen molar-refractivity contribution < 1.29 is 19.1 Å². The van der Waals surface area contributed by atoms with Gasteiger partial charge in [-0.2, -0.15) is 0 Å². The van der Waals surface area contributed by atoms with Gasteiger partial charge in [0, 0.05) is 15.8 Å². The molecule has 2 fully saturated rings. The Morgan fingerprint density at radius 2 is 1.56 bits per heavy atom. The highest BCUT2D eigenvalue weighted by molar-refractivity contribution is 7.12. The second-order valence-corrected chi connectivity index (χ2v) is 11.4. The normalized spacial score (nSPS) is 23.3. The Labute approximate surface area is 202 Å². The van der Waals surface area contributed by atoms with Crippen molar-refractivity contribution in [3.8, 4) is 11.1 Å². The zero-order chi connectivity index (χ0) is 24.0. The van der Waals surface area contributed by atoms with Crippen molar-refractivity contribution >= 4 is 23.2 Å². The first kappa shape index (κ1) is 22.8. The molecule has 5 rings (SSSR count). The summed E-state index contributed by atoms with van der Waals surface area (Å²) < 4.78 is 13.2. The molecule has 2 N–H and O–H groups in total. The van der Waals surface area contributed by atoms with Crippen LogP contribution in [0.15, 0.2) is 48.5 Å². The number of aliphatic carboxylic acids is 1. The third-order valence-corrected chi connectivity index (χ3v) is 8.59. The summed E-state index contributed by atoms with van der Waals surface area (Å²) in [7, 11) is 0. The van der Waals surface area contributed by atoms with Crippen molar-refractivity contribution in [2.75, 3.05) is 0 Å². The maximum Gasteiger partial charge on any atom is 0.306 e. The summed E-state index contributed by atoms with van der Waals surface area (Å²) in [5, 5.41) is 12.3. The Hall–Kier alpha value is -2.99. The van der Waals surface area contributed by atoms with E-state index in [9.17, 15) is 14.0 Å². The average molecular weight is 478 g/mol. The number of rotatable bonds is 6. The van der Waals surface area contributed by atoms with Crippen LogP contribution in [0.5, 0.6) is 0 Å². The number of benzene rings is 2. The Morgan fingerprint density at radius 3 is 2.15 bits per heavy atom. The predicted molar refractivity (Wildman–Crippen MR) is 132 cm³/mol. The summed E-state index contributed by atoms with van der Waals surface area (Å²) >= 11 is 1.65. The van der Waals surface area contributed by atoms with Gasteiger partial charge < -0.3 is 10.4 Å². The number of carbonyl (C=O) groups excluding carboxylic acids is 1. The lowest BCUT2D eigenvalue weighted by Gasteiger charge is -2.56. The fourth-order valence-electron chi connectivity index (χ4n) is 5.74. The summed E-state index contributed by atoms with van der Waals surface area (Å²) in [4.78, 5) is 26.5. The molecule has 6 heteroatoms. The van der Waals surface area contributed by atoms with Crippen LogP contribution in [0.3, 0.4) is 0 Å². The lowest BCUT2D eigenvalue weighted by atomic mass is 9.50. The van der Waals surface area contributed by atoms with Gasteiger partial charge in [-0.25, -0.2) is 4.39 Å². The molecule has 2 aromatic carbocycles. The van der Waals surface area contributed by atoms with E-state index in [0.29, 0.717) is 6.42 Å². The summed E-state index contributed by atoms with van der Waals surface area (Å²) in [5.74, 6) is -1.17. The van der Waals surface area contributed by atoms with E-state index in [0.717, 1.165) is 63.3 Å². The summed E-state index contributed by atoms with van der Waals surface area (Å²) in [6, 6.07) is 14.8. The zero-order valence-electron chi connectivity index (χ0n) is 19.4. The first-order valence-electron chi connectivity index (χ1n) is 11.7. The minimum Gasteiger partial charge on any atom is -0.481 e. The van der Waals surface area contributed by atoms with Gasteiger partial charge in [0.2, 0.25) is 0 Å². The number of carboxylic acid groups (broad SMARTS) is 1. The highest BCUT2D eigenvalue weighted by Crippen LogP contribution is 2.58. The van der Waals surface area contributed by atoms with Gasteiger partial charge in [-0.05, 0) is 85.8 Å². The Bertz CT molecular complexity index is 1230. The molecule has 0 unspecified atom stereocenters. The lowest BCUT2D eigenvalue weighted by Crippen LogP contribution is -2.57. The van der Waals surface area contributed by atoms with Crippen LogP contribution < -0.4 is 5.32 Å². The highest BCUT2D eigenvalue weighted by Gasteiger charge is 2.55. The van der Waals surface area contributed by atoms with Crippen molar-refractivity contribution in [1.82, 2.24) is 5.32 Å². The summed E-state index contributed by atoms with van der Waals surface area (Å²) in [5.41, 5.74) is 5.10. The molecule has 3 aromatic rings. The van der Waals surface area contributed by atoms with Gasteiger partial charge in [-0.3, -0.25) is 9.59 Å². The fourth-order valence-corrected chi connectivity index (χ4v) is 6.82. The lowest BCUT2D eigenvalue weighted by molar-refractivity contribution is -0.155. The predicted octanol–water partition coefficient (Wildman–Crippen LogP) is 6.14. The molecule has 0 aliphatic heterocycles. The van der Waals surface area contributed by atoms with Crippen molar-refractivity contribution in [3.63, 3.8) is 0 Å². The molecule has 0 atom stereocenters. The van der Waals surface area contributed by atoms with E-state index in [4.69, 9.17) is 5.11 Å². The standard InChI is InChI=1S/C28H28FNO3S/c1-16-24(11-18-3-5-19(6-4-18)20-7-9-22(29)10-8-20)25(17(2)34-16)26(31)30-23-14-28(15-23)12-21(13-28)27(32)33/h3-10,21,23H,11-15H2,1-2H3,(H,30,31)(H,32,33). The molecule has 4 nitrogen and oxygen atoms in total. The molecule has 1 aromatic heterocycles. The van der Waals surface area contributed by atoms with Gasteiger partial charge in [0.05, 0.1) is 11.5 Å². The maximum absolute atomic E-state index is 13.2. The SMILES string of the molecule is Cc1sc(C)c(C(=O)NC2CC3(C2)CC(C(=O)O)C3)c1Cc1ccc(-c2ccc(F)cc2)cc1. The monoisotopic (exact) mass is 477 g/mol. The molecule has 2 aliphatic rings. The largest absolute Gasteiger partial charge is 0.481 e. The molecule has 176 valence electrons. The van der Waals surface area contributed by atoms with Crippen molar-refractivity contribution in [3.05, 3.63) is 80.8 Å². The smallest absolute Gasteiger partial charge is 0.306 e. The van der Waals surface area contributed by atoms with Gasteiger partial charge in [-0.15, -0.1) is 11.3 Å². The molecule has 2 saturated carbocycles. The molecule has 1 spiro atoms. The third kappa shape index (κ3) is 4.27. The zero-order valence-corrected chi connectivity index (χ0v) is 20.2. The van der Waals surface area contributed by atoms with Gasteiger partial charge >= 0.3 is 5.97 Å². The van der Waals surface area contributed by atoms with E-state index in [2.05, 4.69) is 24.4 Å². The fraction of sp³-hybridized carbons (Fsp3) is 0.357. The molecule has 0 radical (unpaired) electrons. The van der Waals surface area contributed by atoms with E-state index in [-0.39, 0.29) is 29.1 Å². The first-order valence-corrected chi connectivity index (χ1v) is 12.5. The number of halogens is 1. The number of aryl methyl sites for hydroxylation is 2. The van der Waals surface area contributed by atoms with Gasteiger partial charge in [-0.1, -0.05) is 36.4 Å². The van der Waals surface area contributed by atoms with E-state index in [1.807, 2.05) is 19.1 Å². The molecular weight excluding hydrogens is 449 g/mol. The number of nitrogens with one attached hydrogen (secondary N) is 1. The van der Waals surface area contributed by atoms with E-state index in [1.165, 1.54) is 12.1 Å². The van der Waals surface area contributed by atoms with Gasteiger partial charge in [0.15, 0.2) is 0 Å². The van der Waals surface area contributed by atoms with Crippen LogP contribution in [-0.2, 0) is 11.2 Å². The number of carboxylic acids is 1. The van der Waals surface area contributed by atoms with Crippen LogP contribution in [0.2, 0.25) is 0 Å². The Kier molecular flexibility index (Phi) is 5.80. The minimum atomic E-state index is -0.696. The molecule has 1 amide bonds. The molecular formula is C28H28FNO3S. The van der Waals surface area contributed by atoms with Crippen LogP contribution in [0, 0.1) is 31.0 Å². The van der Waals surface area contributed by atoms with Crippen LogP contribution in [0.25, 0.3) is 11.1 Å². The highest BCUT2D eigenvalue weighted by atomic mass is 32.1. The van der Waals surface area contributed by atoms with E-state index in [1.54, 1.807) is 23.5 Å². The molecule has 0 bridgehead atoms. The summed E-state index contributed by atoms with van der Waals surface area (Å²) in [6.45, 7) is 4.06. The maximum atomic E-state index is 13.2. The van der Waals surface area contributed by atoms with Gasteiger partial charge in [0.1, 0.15) is 5.82 Å². The number of hydrogen-bond donors (Lipinski definition) is 2. The number of carbonyl (C=O) groups is 2. The van der Waals surface area contributed by atoms with E-state index >= 15 is 0 Å². The van der Waals surface area contributed by atoms with Gasteiger partial charge in [0.25, 0.3) is 5.91 Å². The van der Waals surface area contributed by atoms with Crippen molar-refractivity contribution in [1.29, 1.82) is 0 Å². The van der Waals surface area contributed by atoms with Crippen LogP contribution >= 0.6 is 11.3 Å². The van der Waals surface area contributed by atoms with Crippen molar-refractivity contribution in [2.45, 2.75) is 52.0 Å². The first-order chi connectivity index (χ1) is 16.2. The van der Waals surface area contributed by atoms with Crippen LogP contribution in [0.1, 0.15) is 56.9 Å². The Morgan fingerprint density at radius 1 is 0.971 bits per heavy atom. The third-order valence-electron chi connectivity index (χ3n) is 7.53. The molecule has 2 aliphatic carbocycles. The molecule has 1 heterocycles. The number of hydrogen-bond acceptors (Lipinski definition) is 3. The van der Waals surface area contributed by atoms with E-state index < -0.39 is 5.97 Å². The average Bonchev–Trinajstić information content (AvgIpc) is 3.02. The minimum absolute atomic E-state index is 0.0197. The molecule has 34 heavy (non-hydrogen) atoms. The number of thiophene rings is 1. The van der Waals surface area contributed by atoms with Crippen LogP contribution in [0.4, 0.5) is 4.39 Å². The quantitative estimate of drug-likeness (QED) is 0.448.